The van der Waals surface area contributed by atoms with Crippen LogP contribution in [0.3, 0.4) is 0 Å². The van der Waals surface area contributed by atoms with Gasteiger partial charge in [-0.05, 0) is 60.2 Å². The Bertz CT molecular complexity index is 1340. The van der Waals surface area contributed by atoms with E-state index in [4.69, 9.17) is 16.6 Å². The molecule has 0 aliphatic rings. The number of hydrogen-bond donors (Lipinski definition) is 1. The quantitative estimate of drug-likeness (QED) is 0.491. The van der Waals surface area contributed by atoms with Crippen molar-refractivity contribution < 1.29 is 13.6 Å². The second-order valence-electron chi connectivity index (χ2n) is 6.95. The summed E-state index contributed by atoms with van der Waals surface area (Å²) in [5.41, 5.74) is 1.30. The number of H-pyrrole nitrogens is 1. The lowest BCUT2D eigenvalue weighted by molar-refractivity contribution is 0.0785. The number of halogens is 1. The molecule has 4 aromatic rings. The molecule has 0 fully saturated rings. The van der Waals surface area contributed by atoms with E-state index in [1.54, 1.807) is 49.5 Å². The number of nitrogens with one attached hydrogen (secondary N) is 1. The molecule has 0 atom stereocenters. The minimum Gasteiger partial charge on any atom is -0.467 e. The van der Waals surface area contributed by atoms with Crippen molar-refractivity contribution in [3.8, 4) is 0 Å². The Kier molecular flexibility index (Phi) is 5.33. The predicted molar refractivity (Wildman–Crippen MR) is 113 cm³/mol. The molecule has 0 bridgehead atoms. The molecule has 0 aliphatic carbocycles. The number of benzene rings is 2. The topological polar surface area (TPSA) is 71.2 Å². The zero-order chi connectivity index (χ0) is 21.3. The Morgan fingerprint density at radius 3 is 2.77 bits per heavy atom. The van der Waals surface area contributed by atoms with Gasteiger partial charge in [-0.15, -0.1) is 0 Å². The van der Waals surface area contributed by atoms with Crippen molar-refractivity contribution in [1.29, 1.82) is 0 Å². The Hall–Kier alpha value is -3.52. The highest BCUT2D eigenvalue weighted by molar-refractivity contribution is 7.71. The molecule has 0 saturated heterocycles. The molecule has 0 radical (unpaired) electrons. The molecule has 8 heteroatoms. The Morgan fingerprint density at radius 1 is 1.20 bits per heavy atom. The minimum absolute atomic E-state index is 0.216. The van der Waals surface area contributed by atoms with Crippen molar-refractivity contribution in [1.82, 2.24) is 14.5 Å². The number of amides is 1. The van der Waals surface area contributed by atoms with E-state index in [-0.39, 0.29) is 35.1 Å². The molecule has 1 amide bonds. The summed E-state index contributed by atoms with van der Waals surface area (Å²) >= 11 is 5.33. The highest BCUT2D eigenvalue weighted by Crippen LogP contribution is 2.15. The Labute approximate surface area is 176 Å². The van der Waals surface area contributed by atoms with Crippen molar-refractivity contribution in [2.24, 2.45) is 0 Å². The van der Waals surface area contributed by atoms with Gasteiger partial charge in [-0.2, -0.15) is 0 Å². The summed E-state index contributed by atoms with van der Waals surface area (Å²) < 4.78 is 20.3. The predicted octanol–water partition coefficient (Wildman–Crippen LogP) is 4.11. The summed E-state index contributed by atoms with van der Waals surface area (Å²) in [4.78, 5) is 30.2. The number of fused-ring (bicyclic) bond motifs is 1. The summed E-state index contributed by atoms with van der Waals surface area (Å²) in [6, 6.07) is 14.4. The van der Waals surface area contributed by atoms with Crippen molar-refractivity contribution >= 4 is 29.0 Å². The zero-order valence-electron chi connectivity index (χ0n) is 16.1. The first-order valence-electron chi connectivity index (χ1n) is 9.21. The average molecular weight is 423 g/mol. The molecule has 4 rings (SSSR count). The number of aromatic amines is 1. The van der Waals surface area contributed by atoms with Gasteiger partial charge in [0.05, 0.1) is 23.7 Å². The normalized spacial score (nSPS) is 11.0. The van der Waals surface area contributed by atoms with E-state index >= 15 is 0 Å². The third kappa shape index (κ3) is 3.95. The molecule has 0 saturated carbocycles. The summed E-state index contributed by atoms with van der Waals surface area (Å²) in [7, 11) is 1.64. The van der Waals surface area contributed by atoms with Gasteiger partial charge in [0.1, 0.15) is 11.6 Å². The fourth-order valence-corrected chi connectivity index (χ4v) is 3.55. The number of carbonyl (C=O) groups excluding carboxylic acids is 1. The van der Waals surface area contributed by atoms with Gasteiger partial charge in [-0.1, -0.05) is 12.1 Å². The number of aromatic nitrogens is 2. The molecule has 0 spiro atoms. The fourth-order valence-electron chi connectivity index (χ4n) is 3.29. The molecular weight excluding hydrogens is 405 g/mol. The van der Waals surface area contributed by atoms with Gasteiger partial charge in [0.2, 0.25) is 0 Å². The lowest BCUT2D eigenvalue weighted by atomic mass is 10.1. The van der Waals surface area contributed by atoms with Gasteiger partial charge >= 0.3 is 0 Å². The van der Waals surface area contributed by atoms with Crippen LogP contribution in [0.2, 0.25) is 0 Å². The number of furan rings is 1. The first kappa shape index (κ1) is 19.8. The number of carbonyl (C=O) groups is 1. The van der Waals surface area contributed by atoms with E-state index in [0.29, 0.717) is 27.8 Å². The van der Waals surface area contributed by atoms with Gasteiger partial charge in [0.15, 0.2) is 4.77 Å². The summed E-state index contributed by atoms with van der Waals surface area (Å²) in [6.45, 7) is 0.476. The highest BCUT2D eigenvalue weighted by atomic mass is 32.1. The maximum absolute atomic E-state index is 13.4. The molecular formula is C22H18FN3O3S. The minimum atomic E-state index is -0.350. The van der Waals surface area contributed by atoms with Crippen LogP contribution in [-0.2, 0) is 13.1 Å². The van der Waals surface area contributed by atoms with E-state index in [0.717, 1.165) is 0 Å². The van der Waals surface area contributed by atoms with E-state index in [1.807, 2.05) is 0 Å². The van der Waals surface area contributed by atoms with Crippen LogP contribution in [0.5, 0.6) is 0 Å². The highest BCUT2D eigenvalue weighted by Gasteiger charge is 2.15. The molecule has 2 aromatic heterocycles. The van der Waals surface area contributed by atoms with Gasteiger partial charge < -0.3 is 14.3 Å². The zero-order valence-corrected chi connectivity index (χ0v) is 16.9. The first-order valence-corrected chi connectivity index (χ1v) is 9.62. The van der Waals surface area contributed by atoms with Crippen LogP contribution >= 0.6 is 12.2 Å². The molecule has 2 heterocycles. The second-order valence-corrected chi connectivity index (χ2v) is 7.34. The lowest BCUT2D eigenvalue weighted by Crippen LogP contribution is -2.27. The molecule has 6 nitrogen and oxygen atoms in total. The van der Waals surface area contributed by atoms with Crippen molar-refractivity contribution in [3.05, 3.63) is 98.7 Å². The molecule has 0 unspecified atom stereocenters. The van der Waals surface area contributed by atoms with Crippen molar-refractivity contribution in [2.45, 2.75) is 13.1 Å². The summed E-state index contributed by atoms with van der Waals surface area (Å²) in [5.74, 6) is 0.0134. The van der Waals surface area contributed by atoms with E-state index in [1.165, 1.54) is 27.9 Å². The Morgan fingerprint density at radius 2 is 2.03 bits per heavy atom. The van der Waals surface area contributed by atoms with E-state index in [2.05, 4.69) is 4.98 Å². The van der Waals surface area contributed by atoms with E-state index < -0.39 is 0 Å². The maximum Gasteiger partial charge on any atom is 0.262 e. The SMILES string of the molecule is CN(Cc1cccc(F)c1)C(=O)c1ccc2c(=O)n(Cc3ccco3)c(=S)[nH]c2c1. The third-order valence-electron chi connectivity index (χ3n) is 4.78. The van der Waals surface area contributed by atoms with Crippen molar-refractivity contribution in [3.63, 3.8) is 0 Å². The monoisotopic (exact) mass is 423 g/mol. The van der Waals surface area contributed by atoms with Crippen LogP contribution < -0.4 is 5.56 Å². The summed E-state index contributed by atoms with van der Waals surface area (Å²) in [5, 5.41) is 0.416. The van der Waals surface area contributed by atoms with Crippen molar-refractivity contribution in [2.75, 3.05) is 7.05 Å². The standard InChI is InChI=1S/C22H18FN3O3S/c1-25(12-14-4-2-5-16(23)10-14)20(27)15-7-8-18-19(11-15)24-22(30)26(21(18)28)13-17-6-3-9-29-17/h2-11H,12-13H2,1H3,(H,24,30). The number of rotatable bonds is 5. The second kappa shape index (κ2) is 8.08. The van der Waals surface area contributed by atoms with Gasteiger partial charge in [-0.25, -0.2) is 4.39 Å². The van der Waals surface area contributed by atoms with Crippen LogP contribution in [-0.4, -0.2) is 27.4 Å². The van der Waals surface area contributed by atoms with Crippen LogP contribution in [0.15, 0.2) is 70.1 Å². The maximum atomic E-state index is 13.4. The van der Waals surface area contributed by atoms with Crippen LogP contribution in [0.4, 0.5) is 4.39 Å². The molecule has 30 heavy (non-hydrogen) atoms. The molecule has 1 N–H and O–H groups in total. The largest absolute Gasteiger partial charge is 0.467 e. The van der Waals surface area contributed by atoms with Gasteiger partial charge in [-0.3, -0.25) is 14.2 Å². The number of hydrogen-bond acceptors (Lipinski definition) is 4. The third-order valence-corrected chi connectivity index (χ3v) is 5.10. The molecule has 152 valence electrons. The van der Waals surface area contributed by atoms with Crippen LogP contribution in [0, 0.1) is 10.6 Å². The van der Waals surface area contributed by atoms with Crippen LogP contribution in [0.1, 0.15) is 21.7 Å². The smallest absolute Gasteiger partial charge is 0.262 e. The summed E-state index contributed by atoms with van der Waals surface area (Å²) in [6.07, 6.45) is 1.53. The van der Waals surface area contributed by atoms with Gasteiger partial charge in [0, 0.05) is 19.2 Å². The first-order chi connectivity index (χ1) is 14.4. The average Bonchev–Trinajstić information content (AvgIpc) is 3.23. The van der Waals surface area contributed by atoms with Crippen LogP contribution in [0.25, 0.3) is 10.9 Å². The van der Waals surface area contributed by atoms with Gasteiger partial charge in [0.25, 0.3) is 11.5 Å². The number of nitrogens with zero attached hydrogens (tertiary/aromatic N) is 2. The lowest BCUT2D eigenvalue weighted by Gasteiger charge is -2.18. The molecule has 0 aliphatic heterocycles. The fraction of sp³-hybridized carbons (Fsp3) is 0.136. The molecule has 2 aromatic carbocycles. The Balaban J connectivity index is 1.63. The van der Waals surface area contributed by atoms with E-state index in [9.17, 15) is 14.0 Å².